The normalized spacial score (nSPS) is 11.3. The van der Waals surface area contributed by atoms with Crippen LogP contribution < -0.4 is 15.4 Å². The maximum absolute atomic E-state index is 8.82. The van der Waals surface area contributed by atoms with Crippen LogP contribution in [0.25, 0.3) is 0 Å². The van der Waals surface area contributed by atoms with Crippen molar-refractivity contribution in [3.63, 3.8) is 0 Å². The molecule has 0 aliphatic heterocycles. The van der Waals surface area contributed by atoms with E-state index in [-0.39, 0.29) is 6.61 Å². The summed E-state index contributed by atoms with van der Waals surface area (Å²) in [7, 11) is 1.66. The second-order valence-electron chi connectivity index (χ2n) is 4.16. The number of aryl methyl sites for hydroxylation is 1. The van der Waals surface area contributed by atoms with Crippen molar-refractivity contribution in [2.24, 2.45) is 4.99 Å². The highest BCUT2D eigenvalue weighted by molar-refractivity contribution is 5.79. The average Bonchev–Trinajstić information content (AvgIpc) is 2.42. The van der Waals surface area contributed by atoms with Crippen molar-refractivity contribution in [3.8, 4) is 5.75 Å². The van der Waals surface area contributed by atoms with Gasteiger partial charge in [-0.1, -0.05) is 12.1 Å². The molecule has 5 nitrogen and oxygen atoms in total. The van der Waals surface area contributed by atoms with Gasteiger partial charge in [0.05, 0.1) is 20.3 Å². The number of hydrogen-bond acceptors (Lipinski definition) is 3. The number of nitrogens with zero attached hydrogens (tertiary/aromatic N) is 1. The highest BCUT2D eigenvalue weighted by Crippen LogP contribution is 2.20. The first-order chi connectivity index (χ1) is 9.21. The summed E-state index contributed by atoms with van der Waals surface area (Å²) in [6.45, 7) is 5.91. The fourth-order valence-corrected chi connectivity index (χ4v) is 1.66. The topological polar surface area (TPSA) is 65.9 Å². The van der Waals surface area contributed by atoms with Gasteiger partial charge in [-0.25, -0.2) is 4.99 Å². The Kier molecular flexibility index (Phi) is 6.74. The summed E-state index contributed by atoms with van der Waals surface area (Å²) in [4.78, 5) is 4.46. The lowest BCUT2D eigenvalue weighted by molar-refractivity contribution is 0.300. The second-order valence-corrected chi connectivity index (χ2v) is 4.16. The molecule has 0 saturated heterocycles. The Bertz CT molecular complexity index is 419. The number of guanidine groups is 1. The standard InChI is InChI=1S/C14H23N3O2/c1-4-15-14(16-7-8-18)17-10-12-6-5-11(2)9-13(12)19-3/h5-6,9,18H,4,7-8,10H2,1-3H3,(H2,15,16,17). The molecule has 1 aromatic rings. The smallest absolute Gasteiger partial charge is 0.191 e. The van der Waals surface area contributed by atoms with Gasteiger partial charge in [-0.3, -0.25) is 0 Å². The summed E-state index contributed by atoms with van der Waals surface area (Å²) in [6.07, 6.45) is 0. The van der Waals surface area contributed by atoms with Crippen LogP contribution in [0.2, 0.25) is 0 Å². The van der Waals surface area contributed by atoms with Gasteiger partial charge in [0, 0.05) is 18.7 Å². The van der Waals surface area contributed by atoms with E-state index >= 15 is 0 Å². The highest BCUT2D eigenvalue weighted by atomic mass is 16.5. The minimum absolute atomic E-state index is 0.0816. The van der Waals surface area contributed by atoms with Crippen molar-refractivity contribution in [1.82, 2.24) is 10.6 Å². The van der Waals surface area contributed by atoms with Crippen LogP contribution in [0.5, 0.6) is 5.75 Å². The third kappa shape index (κ3) is 5.18. The molecule has 0 amide bonds. The van der Waals surface area contributed by atoms with E-state index in [1.165, 1.54) is 0 Å². The predicted molar refractivity (Wildman–Crippen MR) is 77.6 cm³/mol. The summed E-state index contributed by atoms with van der Waals surface area (Å²) in [5.74, 6) is 1.54. The molecule has 3 N–H and O–H groups in total. The van der Waals surface area contributed by atoms with Crippen molar-refractivity contribution in [3.05, 3.63) is 29.3 Å². The van der Waals surface area contributed by atoms with Crippen LogP contribution in [0.4, 0.5) is 0 Å². The minimum Gasteiger partial charge on any atom is -0.496 e. The molecule has 0 bridgehead atoms. The largest absolute Gasteiger partial charge is 0.496 e. The van der Waals surface area contributed by atoms with E-state index in [0.717, 1.165) is 23.4 Å². The van der Waals surface area contributed by atoms with E-state index in [1.807, 2.05) is 32.0 Å². The molecule has 0 aromatic heterocycles. The molecule has 0 spiro atoms. The number of aliphatic hydroxyl groups excluding tert-OH is 1. The van der Waals surface area contributed by atoms with Crippen LogP contribution in [-0.2, 0) is 6.54 Å². The molecule has 106 valence electrons. The fraction of sp³-hybridized carbons (Fsp3) is 0.500. The van der Waals surface area contributed by atoms with Crippen LogP contribution in [0.3, 0.4) is 0 Å². The minimum atomic E-state index is 0.0816. The Labute approximate surface area is 114 Å². The lowest BCUT2D eigenvalue weighted by Crippen LogP contribution is -2.38. The first kappa shape index (κ1) is 15.3. The molecule has 0 aliphatic carbocycles. The van der Waals surface area contributed by atoms with Crippen LogP contribution in [0, 0.1) is 6.92 Å². The fourth-order valence-electron chi connectivity index (χ4n) is 1.66. The van der Waals surface area contributed by atoms with Gasteiger partial charge in [0.15, 0.2) is 5.96 Å². The van der Waals surface area contributed by atoms with Gasteiger partial charge < -0.3 is 20.5 Å². The van der Waals surface area contributed by atoms with E-state index in [0.29, 0.717) is 19.0 Å². The van der Waals surface area contributed by atoms with Crippen LogP contribution in [0.1, 0.15) is 18.1 Å². The zero-order chi connectivity index (χ0) is 14.1. The Hall–Kier alpha value is -1.75. The van der Waals surface area contributed by atoms with Gasteiger partial charge in [-0.15, -0.1) is 0 Å². The molecule has 0 heterocycles. The predicted octanol–water partition coefficient (Wildman–Crippen LogP) is 1.05. The van der Waals surface area contributed by atoms with E-state index in [1.54, 1.807) is 7.11 Å². The van der Waals surface area contributed by atoms with Gasteiger partial charge in [-0.2, -0.15) is 0 Å². The lowest BCUT2D eigenvalue weighted by atomic mass is 10.1. The second kappa shape index (κ2) is 8.37. The van der Waals surface area contributed by atoms with E-state index < -0.39 is 0 Å². The maximum atomic E-state index is 8.82. The van der Waals surface area contributed by atoms with Gasteiger partial charge in [0.2, 0.25) is 0 Å². The molecule has 0 saturated carbocycles. The van der Waals surface area contributed by atoms with E-state index in [9.17, 15) is 0 Å². The van der Waals surface area contributed by atoms with Crippen LogP contribution >= 0.6 is 0 Å². The first-order valence-electron chi connectivity index (χ1n) is 6.47. The van der Waals surface area contributed by atoms with Gasteiger partial charge in [-0.05, 0) is 25.5 Å². The van der Waals surface area contributed by atoms with Crippen molar-refractivity contribution in [2.75, 3.05) is 26.8 Å². The zero-order valence-electron chi connectivity index (χ0n) is 11.9. The number of benzene rings is 1. The molecule has 1 aromatic carbocycles. The summed E-state index contributed by atoms with van der Waals surface area (Å²) >= 11 is 0. The third-order valence-corrected chi connectivity index (χ3v) is 2.60. The molecular weight excluding hydrogens is 242 g/mol. The SMILES string of the molecule is CCNC(=NCc1ccc(C)cc1OC)NCCO. The Balaban J connectivity index is 2.75. The monoisotopic (exact) mass is 265 g/mol. The molecule has 0 unspecified atom stereocenters. The maximum Gasteiger partial charge on any atom is 0.191 e. The highest BCUT2D eigenvalue weighted by Gasteiger charge is 2.03. The zero-order valence-corrected chi connectivity index (χ0v) is 11.9. The summed E-state index contributed by atoms with van der Waals surface area (Å²) < 4.78 is 5.35. The number of nitrogens with one attached hydrogen (secondary N) is 2. The quantitative estimate of drug-likeness (QED) is 0.531. The van der Waals surface area contributed by atoms with Crippen LogP contribution in [0.15, 0.2) is 23.2 Å². The molecule has 0 atom stereocenters. The van der Waals surface area contributed by atoms with Crippen LogP contribution in [-0.4, -0.2) is 37.9 Å². The van der Waals surface area contributed by atoms with Gasteiger partial charge in [0.25, 0.3) is 0 Å². The van der Waals surface area contributed by atoms with E-state index in [2.05, 4.69) is 15.6 Å². The number of methoxy groups -OCH3 is 1. The first-order valence-corrected chi connectivity index (χ1v) is 6.47. The third-order valence-electron chi connectivity index (χ3n) is 2.60. The van der Waals surface area contributed by atoms with Crippen molar-refractivity contribution in [1.29, 1.82) is 0 Å². The molecule has 0 radical (unpaired) electrons. The summed E-state index contributed by atoms with van der Waals surface area (Å²) in [5.41, 5.74) is 2.20. The molecule has 19 heavy (non-hydrogen) atoms. The number of aliphatic imine (C=N–C) groups is 1. The van der Waals surface area contributed by atoms with Crippen molar-refractivity contribution >= 4 is 5.96 Å². The molecular formula is C14H23N3O2. The molecule has 1 rings (SSSR count). The number of ether oxygens (including phenoxy) is 1. The summed E-state index contributed by atoms with van der Waals surface area (Å²) in [6, 6.07) is 6.06. The molecule has 0 aliphatic rings. The number of hydrogen-bond donors (Lipinski definition) is 3. The Morgan fingerprint density at radius 2 is 2.16 bits per heavy atom. The molecule has 5 heteroatoms. The average molecular weight is 265 g/mol. The number of rotatable bonds is 6. The van der Waals surface area contributed by atoms with Crippen molar-refractivity contribution in [2.45, 2.75) is 20.4 Å². The van der Waals surface area contributed by atoms with E-state index in [4.69, 9.17) is 9.84 Å². The number of aliphatic hydroxyl groups is 1. The van der Waals surface area contributed by atoms with Crippen molar-refractivity contribution < 1.29 is 9.84 Å². The Morgan fingerprint density at radius 3 is 2.79 bits per heavy atom. The lowest BCUT2D eigenvalue weighted by Gasteiger charge is -2.11. The van der Waals surface area contributed by atoms with Gasteiger partial charge in [0.1, 0.15) is 5.75 Å². The van der Waals surface area contributed by atoms with Gasteiger partial charge >= 0.3 is 0 Å². The Morgan fingerprint density at radius 1 is 1.37 bits per heavy atom. The summed E-state index contributed by atoms with van der Waals surface area (Å²) in [5, 5.41) is 15.0. The molecule has 0 fully saturated rings.